The fraction of sp³-hybridized carbons (Fsp3) is 0.200. The first-order valence-corrected chi connectivity index (χ1v) is 6.46. The Morgan fingerprint density at radius 2 is 1.68 bits per heavy atom. The Kier molecular flexibility index (Phi) is 5.07. The van der Waals surface area contributed by atoms with Gasteiger partial charge in [0.15, 0.2) is 0 Å². The van der Waals surface area contributed by atoms with Crippen LogP contribution in [-0.4, -0.2) is 13.2 Å². The predicted molar refractivity (Wildman–Crippen MR) is 76.8 cm³/mol. The van der Waals surface area contributed by atoms with E-state index >= 15 is 0 Å². The quantitative estimate of drug-likeness (QED) is 0.825. The lowest BCUT2D eigenvalue weighted by molar-refractivity contribution is 0.217. The van der Waals surface area contributed by atoms with E-state index < -0.39 is 0 Å². The van der Waals surface area contributed by atoms with Crippen LogP contribution in [-0.2, 0) is 6.54 Å². The van der Waals surface area contributed by atoms with E-state index in [1.165, 1.54) is 0 Å². The van der Waals surface area contributed by atoms with Gasteiger partial charge in [0.25, 0.3) is 0 Å². The van der Waals surface area contributed by atoms with Gasteiger partial charge < -0.3 is 15.2 Å². The minimum absolute atomic E-state index is 0.441. The van der Waals surface area contributed by atoms with Gasteiger partial charge in [0.1, 0.15) is 24.7 Å². The second-order valence-corrected chi connectivity index (χ2v) is 4.39. The third kappa shape index (κ3) is 4.16. The lowest BCUT2D eigenvalue weighted by Crippen LogP contribution is -2.09. The van der Waals surface area contributed by atoms with E-state index in [9.17, 15) is 0 Å². The molecule has 0 unspecified atom stereocenters. The number of hydrogen-bond donors (Lipinski definition) is 1. The van der Waals surface area contributed by atoms with Crippen molar-refractivity contribution < 1.29 is 9.47 Å². The maximum atomic E-state index is 6.08. The van der Waals surface area contributed by atoms with E-state index in [2.05, 4.69) is 0 Å². The van der Waals surface area contributed by atoms with Crippen LogP contribution in [0.3, 0.4) is 0 Å². The van der Waals surface area contributed by atoms with Crippen LogP contribution in [0.5, 0.6) is 11.5 Å². The molecule has 100 valence electrons. The normalized spacial score (nSPS) is 10.2. The molecule has 3 nitrogen and oxygen atoms in total. The minimum Gasteiger partial charge on any atom is -0.490 e. The summed E-state index contributed by atoms with van der Waals surface area (Å²) in [6, 6.07) is 15.2. The molecular weight excluding hydrogens is 262 g/mol. The maximum Gasteiger partial charge on any atom is 0.138 e. The third-order valence-corrected chi connectivity index (χ3v) is 2.88. The van der Waals surface area contributed by atoms with Crippen LogP contribution in [0.4, 0.5) is 0 Å². The van der Waals surface area contributed by atoms with Gasteiger partial charge >= 0.3 is 0 Å². The highest BCUT2D eigenvalue weighted by Gasteiger charge is 2.02. The van der Waals surface area contributed by atoms with E-state index in [0.717, 1.165) is 11.3 Å². The van der Waals surface area contributed by atoms with Crippen molar-refractivity contribution in [2.24, 2.45) is 5.73 Å². The first-order chi connectivity index (χ1) is 9.29. The van der Waals surface area contributed by atoms with E-state index in [-0.39, 0.29) is 0 Å². The molecule has 2 rings (SSSR count). The summed E-state index contributed by atoms with van der Waals surface area (Å²) in [5.41, 5.74) is 6.52. The van der Waals surface area contributed by atoms with Crippen molar-refractivity contribution in [3.05, 3.63) is 59.1 Å². The van der Waals surface area contributed by atoms with Crippen molar-refractivity contribution in [2.75, 3.05) is 13.2 Å². The molecule has 0 aromatic heterocycles. The van der Waals surface area contributed by atoms with Crippen LogP contribution in [0.2, 0.25) is 5.02 Å². The molecule has 0 bridgehead atoms. The summed E-state index contributed by atoms with van der Waals surface area (Å²) in [4.78, 5) is 0. The summed E-state index contributed by atoms with van der Waals surface area (Å²) >= 11 is 6.08. The molecule has 0 amide bonds. The Bertz CT molecular complexity index is 517. The van der Waals surface area contributed by atoms with Crippen molar-refractivity contribution in [1.82, 2.24) is 0 Å². The van der Waals surface area contributed by atoms with Gasteiger partial charge in [-0.05, 0) is 29.8 Å². The number of benzene rings is 2. The zero-order chi connectivity index (χ0) is 13.5. The molecule has 0 aliphatic heterocycles. The molecule has 0 spiro atoms. The Morgan fingerprint density at radius 1 is 0.947 bits per heavy atom. The van der Waals surface area contributed by atoms with Gasteiger partial charge in [-0.25, -0.2) is 0 Å². The van der Waals surface area contributed by atoms with E-state index in [0.29, 0.717) is 30.5 Å². The molecule has 4 heteroatoms. The highest BCUT2D eigenvalue weighted by molar-refractivity contribution is 6.32. The fourth-order valence-corrected chi connectivity index (χ4v) is 1.87. The summed E-state index contributed by atoms with van der Waals surface area (Å²) in [7, 11) is 0. The first kappa shape index (κ1) is 13.7. The Balaban J connectivity index is 1.80. The number of nitrogens with two attached hydrogens (primary N) is 1. The average molecular weight is 278 g/mol. The van der Waals surface area contributed by atoms with Crippen molar-refractivity contribution in [2.45, 2.75) is 6.54 Å². The largest absolute Gasteiger partial charge is 0.490 e. The van der Waals surface area contributed by atoms with Crippen LogP contribution in [0.15, 0.2) is 48.5 Å². The maximum absolute atomic E-state index is 6.08. The van der Waals surface area contributed by atoms with Crippen molar-refractivity contribution >= 4 is 11.6 Å². The summed E-state index contributed by atoms with van der Waals surface area (Å²) in [6.45, 7) is 1.38. The van der Waals surface area contributed by atoms with Crippen molar-refractivity contribution in [1.29, 1.82) is 0 Å². The van der Waals surface area contributed by atoms with Gasteiger partial charge in [-0.15, -0.1) is 0 Å². The number of hydrogen-bond acceptors (Lipinski definition) is 3. The average Bonchev–Trinajstić information content (AvgIpc) is 2.46. The summed E-state index contributed by atoms with van der Waals surface area (Å²) in [5, 5.41) is 0.572. The Labute approximate surface area is 117 Å². The number of halogens is 1. The molecule has 0 fully saturated rings. The van der Waals surface area contributed by atoms with Gasteiger partial charge in [0.05, 0.1) is 5.02 Å². The van der Waals surface area contributed by atoms with Gasteiger partial charge in [-0.1, -0.05) is 35.9 Å². The van der Waals surface area contributed by atoms with E-state index in [1.807, 2.05) is 48.5 Å². The lowest BCUT2D eigenvalue weighted by Gasteiger charge is -2.10. The number of para-hydroxylation sites is 1. The second kappa shape index (κ2) is 7.02. The molecule has 0 saturated heterocycles. The van der Waals surface area contributed by atoms with Crippen LogP contribution < -0.4 is 15.2 Å². The molecule has 0 radical (unpaired) electrons. The van der Waals surface area contributed by atoms with Crippen LogP contribution >= 0.6 is 11.6 Å². The van der Waals surface area contributed by atoms with Gasteiger partial charge in [0.2, 0.25) is 0 Å². The van der Waals surface area contributed by atoms with Gasteiger partial charge in [-0.2, -0.15) is 0 Å². The molecular formula is C15H16ClNO2. The first-order valence-electron chi connectivity index (χ1n) is 6.09. The predicted octanol–water partition coefficient (Wildman–Crippen LogP) is 3.26. The van der Waals surface area contributed by atoms with Crippen LogP contribution in [0.1, 0.15) is 5.56 Å². The summed E-state index contributed by atoms with van der Waals surface area (Å²) < 4.78 is 11.1. The highest BCUT2D eigenvalue weighted by Crippen LogP contribution is 2.25. The number of rotatable bonds is 6. The smallest absolute Gasteiger partial charge is 0.138 e. The number of ether oxygens (including phenoxy) is 2. The topological polar surface area (TPSA) is 44.5 Å². The standard InChI is InChI=1S/C15H16ClNO2/c16-14-10-12(11-17)6-7-15(14)19-9-8-18-13-4-2-1-3-5-13/h1-7,10H,8-9,11,17H2. The zero-order valence-corrected chi connectivity index (χ0v) is 11.3. The fourth-order valence-electron chi connectivity index (χ4n) is 1.62. The molecule has 0 aliphatic carbocycles. The molecule has 19 heavy (non-hydrogen) atoms. The minimum atomic E-state index is 0.441. The van der Waals surface area contributed by atoms with Crippen LogP contribution in [0.25, 0.3) is 0 Å². The van der Waals surface area contributed by atoms with E-state index in [4.69, 9.17) is 26.8 Å². The van der Waals surface area contributed by atoms with E-state index in [1.54, 1.807) is 0 Å². The lowest BCUT2D eigenvalue weighted by atomic mass is 10.2. The molecule has 2 aromatic rings. The van der Waals surface area contributed by atoms with Gasteiger partial charge in [-0.3, -0.25) is 0 Å². The van der Waals surface area contributed by atoms with Gasteiger partial charge in [0, 0.05) is 6.54 Å². The summed E-state index contributed by atoms with van der Waals surface area (Å²) in [5.74, 6) is 1.48. The Morgan fingerprint density at radius 3 is 2.37 bits per heavy atom. The molecule has 0 heterocycles. The third-order valence-electron chi connectivity index (χ3n) is 2.58. The highest BCUT2D eigenvalue weighted by atomic mass is 35.5. The zero-order valence-electron chi connectivity index (χ0n) is 10.5. The van der Waals surface area contributed by atoms with Crippen LogP contribution in [0, 0.1) is 0 Å². The molecule has 0 aliphatic rings. The van der Waals surface area contributed by atoms with Crippen molar-refractivity contribution in [3.63, 3.8) is 0 Å². The molecule has 0 saturated carbocycles. The Hall–Kier alpha value is -1.71. The molecule has 0 atom stereocenters. The van der Waals surface area contributed by atoms with Crippen molar-refractivity contribution in [3.8, 4) is 11.5 Å². The SMILES string of the molecule is NCc1ccc(OCCOc2ccccc2)c(Cl)c1. The molecule has 2 N–H and O–H groups in total. The summed E-state index contributed by atoms with van der Waals surface area (Å²) in [6.07, 6.45) is 0. The monoisotopic (exact) mass is 277 g/mol. The molecule has 2 aromatic carbocycles. The second-order valence-electron chi connectivity index (χ2n) is 3.98.